The van der Waals surface area contributed by atoms with Gasteiger partial charge in [-0.25, -0.2) is 4.68 Å². The van der Waals surface area contributed by atoms with E-state index in [2.05, 4.69) is 20.8 Å². The van der Waals surface area contributed by atoms with Gasteiger partial charge in [0.15, 0.2) is 0 Å². The fourth-order valence-electron chi connectivity index (χ4n) is 2.58. The van der Waals surface area contributed by atoms with Crippen molar-refractivity contribution in [3.63, 3.8) is 0 Å². The zero-order valence-electron chi connectivity index (χ0n) is 11.5. The third-order valence-electron chi connectivity index (χ3n) is 3.79. The van der Waals surface area contributed by atoms with Gasteiger partial charge in [-0.3, -0.25) is 4.79 Å². The number of amides is 1. The Balaban J connectivity index is 1.67. The van der Waals surface area contributed by atoms with Crippen LogP contribution in [0.2, 0.25) is 0 Å². The van der Waals surface area contributed by atoms with Crippen molar-refractivity contribution in [1.29, 1.82) is 0 Å². The lowest BCUT2D eigenvalue weighted by atomic mass is 9.92. The monoisotopic (exact) mass is 287 g/mol. The van der Waals surface area contributed by atoms with Crippen molar-refractivity contribution in [2.45, 2.75) is 37.8 Å². The number of rotatable bonds is 3. The molecule has 7 nitrogen and oxygen atoms in total. The highest BCUT2D eigenvalue weighted by Gasteiger charge is 2.24. The minimum absolute atomic E-state index is 0.148. The SMILES string of the molecule is O=C(NC1CCCCC1O)c1ccc(-n2cnnn2)cc1. The topological polar surface area (TPSA) is 92.9 Å². The van der Waals surface area contributed by atoms with E-state index >= 15 is 0 Å². The molecule has 3 rings (SSSR count). The minimum atomic E-state index is -0.441. The second-order valence-corrected chi connectivity index (χ2v) is 5.23. The molecule has 7 heteroatoms. The molecule has 0 aliphatic heterocycles. The molecule has 1 heterocycles. The maximum absolute atomic E-state index is 12.2. The maximum Gasteiger partial charge on any atom is 0.251 e. The summed E-state index contributed by atoms with van der Waals surface area (Å²) in [5, 5.41) is 23.7. The summed E-state index contributed by atoms with van der Waals surface area (Å²) in [7, 11) is 0. The van der Waals surface area contributed by atoms with E-state index in [-0.39, 0.29) is 11.9 Å². The predicted molar refractivity (Wildman–Crippen MR) is 74.9 cm³/mol. The highest BCUT2D eigenvalue weighted by molar-refractivity contribution is 5.94. The van der Waals surface area contributed by atoms with Crippen LogP contribution in [0, 0.1) is 0 Å². The number of tetrazole rings is 1. The van der Waals surface area contributed by atoms with E-state index in [0.29, 0.717) is 5.56 Å². The van der Waals surface area contributed by atoms with Gasteiger partial charge < -0.3 is 10.4 Å². The van der Waals surface area contributed by atoms with Gasteiger partial charge in [0.25, 0.3) is 5.91 Å². The summed E-state index contributed by atoms with van der Waals surface area (Å²) in [6.45, 7) is 0. The van der Waals surface area contributed by atoms with Crippen LogP contribution < -0.4 is 5.32 Å². The van der Waals surface area contributed by atoms with Gasteiger partial charge in [-0.15, -0.1) is 5.10 Å². The molecule has 0 radical (unpaired) electrons. The Bertz CT molecular complexity index is 596. The van der Waals surface area contributed by atoms with E-state index < -0.39 is 6.10 Å². The molecular weight excluding hydrogens is 270 g/mol. The molecule has 1 fully saturated rings. The zero-order chi connectivity index (χ0) is 14.7. The average molecular weight is 287 g/mol. The lowest BCUT2D eigenvalue weighted by molar-refractivity contribution is 0.0717. The molecule has 1 aliphatic rings. The first-order valence-electron chi connectivity index (χ1n) is 7.06. The Hall–Kier alpha value is -2.28. The van der Waals surface area contributed by atoms with Crippen LogP contribution in [0.15, 0.2) is 30.6 Å². The minimum Gasteiger partial charge on any atom is -0.391 e. The molecule has 2 unspecified atom stereocenters. The molecule has 2 atom stereocenters. The first-order valence-corrected chi connectivity index (χ1v) is 7.06. The summed E-state index contributed by atoms with van der Waals surface area (Å²) >= 11 is 0. The summed E-state index contributed by atoms with van der Waals surface area (Å²) in [4.78, 5) is 12.2. The molecule has 1 aromatic heterocycles. The Morgan fingerprint density at radius 3 is 2.67 bits per heavy atom. The number of carbonyl (C=O) groups excluding carboxylic acids is 1. The summed E-state index contributed by atoms with van der Waals surface area (Å²) in [6.07, 6.45) is 4.70. The van der Waals surface area contributed by atoms with Crippen LogP contribution in [0.1, 0.15) is 36.0 Å². The van der Waals surface area contributed by atoms with E-state index in [1.165, 1.54) is 11.0 Å². The van der Waals surface area contributed by atoms with Crippen LogP contribution in [0.5, 0.6) is 0 Å². The molecule has 1 amide bonds. The molecule has 2 aromatic rings. The number of carbonyl (C=O) groups is 1. The summed E-state index contributed by atoms with van der Waals surface area (Å²) < 4.78 is 1.52. The average Bonchev–Trinajstić information content (AvgIpc) is 3.04. The lowest BCUT2D eigenvalue weighted by Gasteiger charge is -2.28. The van der Waals surface area contributed by atoms with E-state index in [4.69, 9.17) is 0 Å². The van der Waals surface area contributed by atoms with Crippen LogP contribution in [-0.2, 0) is 0 Å². The molecule has 21 heavy (non-hydrogen) atoms. The van der Waals surface area contributed by atoms with E-state index in [1.54, 1.807) is 24.3 Å². The van der Waals surface area contributed by atoms with Crippen molar-refractivity contribution in [3.8, 4) is 5.69 Å². The molecular formula is C14H17N5O2. The molecule has 1 saturated carbocycles. The van der Waals surface area contributed by atoms with Crippen LogP contribution in [0.25, 0.3) is 5.69 Å². The molecule has 2 N–H and O–H groups in total. The normalized spacial score (nSPS) is 22.0. The van der Waals surface area contributed by atoms with Crippen LogP contribution in [-0.4, -0.2) is 43.4 Å². The first-order chi connectivity index (χ1) is 10.2. The summed E-state index contributed by atoms with van der Waals surface area (Å²) in [6, 6.07) is 6.86. The molecule has 1 aromatic carbocycles. The highest BCUT2D eigenvalue weighted by Crippen LogP contribution is 2.19. The second-order valence-electron chi connectivity index (χ2n) is 5.23. The third-order valence-corrected chi connectivity index (χ3v) is 3.79. The number of aliphatic hydroxyl groups excluding tert-OH is 1. The number of aliphatic hydroxyl groups is 1. The predicted octanol–water partition coefficient (Wildman–Crippen LogP) is 0.696. The van der Waals surface area contributed by atoms with E-state index in [0.717, 1.165) is 31.4 Å². The van der Waals surface area contributed by atoms with Gasteiger partial charge in [0.2, 0.25) is 0 Å². The third kappa shape index (κ3) is 3.08. The van der Waals surface area contributed by atoms with Crippen molar-refractivity contribution in [3.05, 3.63) is 36.2 Å². The molecule has 0 bridgehead atoms. The van der Waals surface area contributed by atoms with Gasteiger partial charge in [-0.2, -0.15) is 0 Å². The number of nitrogens with one attached hydrogen (secondary N) is 1. The fourth-order valence-corrected chi connectivity index (χ4v) is 2.58. The van der Waals surface area contributed by atoms with E-state index in [1.807, 2.05) is 0 Å². The van der Waals surface area contributed by atoms with Gasteiger partial charge in [0, 0.05) is 5.56 Å². The van der Waals surface area contributed by atoms with Crippen LogP contribution in [0.4, 0.5) is 0 Å². The maximum atomic E-state index is 12.2. The van der Waals surface area contributed by atoms with Gasteiger partial charge in [0.1, 0.15) is 6.33 Å². The van der Waals surface area contributed by atoms with Crippen molar-refractivity contribution in [2.24, 2.45) is 0 Å². The van der Waals surface area contributed by atoms with Crippen molar-refractivity contribution in [2.75, 3.05) is 0 Å². The molecule has 0 spiro atoms. The van der Waals surface area contributed by atoms with Crippen molar-refractivity contribution in [1.82, 2.24) is 25.5 Å². The Kier molecular flexibility index (Phi) is 3.92. The number of nitrogens with zero attached hydrogens (tertiary/aromatic N) is 4. The number of hydrogen-bond donors (Lipinski definition) is 2. The quantitative estimate of drug-likeness (QED) is 0.866. The fraction of sp³-hybridized carbons (Fsp3) is 0.429. The van der Waals surface area contributed by atoms with Crippen molar-refractivity contribution < 1.29 is 9.90 Å². The summed E-state index contributed by atoms with van der Waals surface area (Å²) in [5.41, 5.74) is 1.35. The Morgan fingerprint density at radius 1 is 1.24 bits per heavy atom. The molecule has 1 aliphatic carbocycles. The highest BCUT2D eigenvalue weighted by atomic mass is 16.3. The summed E-state index contributed by atoms with van der Waals surface area (Å²) in [5.74, 6) is -0.163. The number of hydrogen-bond acceptors (Lipinski definition) is 5. The first kappa shape index (κ1) is 13.7. The number of aromatic nitrogens is 4. The second kappa shape index (κ2) is 6.01. The standard InChI is InChI=1S/C14H17N5O2/c20-13-4-2-1-3-12(13)16-14(21)10-5-7-11(8-6-10)19-9-15-17-18-19/h5-9,12-13,20H,1-4H2,(H,16,21). The number of benzene rings is 1. The van der Waals surface area contributed by atoms with Gasteiger partial charge in [-0.05, 0) is 47.5 Å². The molecule has 0 saturated heterocycles. The zero-order valence-corrected chi connectivity index (χ0v) is 11.5. The van der Waals surface area contributed by atoms with Crippen LogP contribution >= 0.6 is 0 Å². The van der Waals surface area contributed by atoms with Crippen molar-refractivity contribution >= 4 is 5.91 Å². The van der Waals surface area contributed by atoms with Crippen LogP contribution in [0.3, 0.4) is 0 Å². The Morgan fingerprint density at radius 2 is 2.00 bits per heavy atom. The Labute approximate surface area is 122 Å². The largest absolute Gasteiger partial charge is 0.391 e. The van der Waals surface area contributed by atoms with Gasteiger partial charge in [-0.1, -0.05) is 12.8 Å². The smallest absolute Gasteiger partial charge is 0.251 e. The molecule has 110 valence electrons. The van der Waals surface area contributed by atoms with E-state index in [9.17, 15) is 9.90 Å². The lowest BCUT2D eigenvalue weighted by Crippen LogP contribution is -2.45. The van der Waals surface area contributed by atoms with Gasteiger partial charge in [0.05, 0.1) is 17.8 Å². The van der Waals surface area contributed by atoms with Gasteiger partial charge >= 0.3 is 0 Å².